The number of carbonyl (C=O) groups is 1. The zero-order valence-corrected chi connectivity index (χ0v) is 16.1. The Bertz CT molecular complexity index is 1050. The highest BCUT2D eigenvalue weighted by Gasteiger charge is 2.27. The van der Waals surface area contributed by atoms with Crippen molar-refractivity contribution in [2.45, 2.75) is 51.5 Å². The first-order valence-corrected chi connectivity index (χ1v) is 10.2. The predicted molar refractivity (Wildman–Crippen MR) is 107 cm³/mol. The Kier molecular flexibility index (Phi) is 4.83. The highest BCUT2D eigenvalue weighted by Crippen LogP contribution is 2.34. The molecule has 0 spiro atoms. The molecule has 6 heteroatoms. The van der Waals surface area contributed by atoms with Crippen molar-refractivity contribution in [1.82, 2.24) is 9.55 Å². The van der Waals surface area contributed by atoms with Crippen molar-refractivity contribution in [3.63, 3.8) is 0 Å². The number of aliphatic carboxylic acids is 1. The van der Waals surface area contributed by atoms with Gasteiger partial charge in [0.25, 0.3) is 5.56 Å². The molecule has 0 aliphatic heterocycles. The normalized spacial score (nSPS) is 14.9. The number of hydrogen-bond acceptors (Lipinski definition) is 4. The molecule has 1 aliphatic carbocycles. The molecule has 2 heterocycles. The highest BCUT2D eigenvalue weighted by molar-refractivity contribution is 7.18. The van der Waals surface area contributed by atoms with Gasteiger partial charge in [0.2, 0.25) is 0 Å². The Balaban J connectivity index is 1.97. The lowest BCUT2D eigenvalue weighted by molar-refractivity contribution is -0.141. The van der Waals surface area contributed by atoms with Crippen molar-refractivity contribution in [1.29, 1.82) is 0 Å². The lowest BCUT2D eigenvalue weighted by Gasteiger charge is -2.19. The Morgan fingerprint density at radius 2 is 2.00 bits per heavy atom. The third-order valence-corrected chi connectivity index (χ3v) is 6.47. The average molecular weight is 382 g/mol. The van der Waals surface area contributed by atoms with E-state index in [1.165, 1.54) is 9.44 Å². The second kappa shape index (κ2) is 7.27. The minimum Gasteiger partial charge on any atom is -0.480 e. The maximum absolute atomic E-state index is 13.4. The third kappa shape index (κ3) is 3.18. The van der Waals surface area contributed by atoms with E-state index in [1.54, 1.807) is 18.3 Å². The molecule has 3 aromatic rings. The van der Waals surface area contributed by atoms with Gasteiger partial charge in [-0.25, -0.2) is 9.78 Å². The van der Waals surface area contributed by atoms with Crippen LogP contribution in [-0.4, -0.2) is 20.6 Å². The minimum atomic E-state index is -0.987. The molecule has 0 amide bonds. The maximum Gasteiger partial charge on any atom is 0.326 e. The van der Waals surface area contributed by atoms with Crippen molar-refractivity contribution in [2.75, 3.05) is 0 Å². The van der Waals surface area contributed by atoms with Crippen LogP contribution in [0, 0.1) is 0 Å². The number of nitrogens with zero attached hydrogens (tertiary/aromatic N) is 2. The van der Waals surface area contributed by atoms with Gasteiger partial charge in [0.05, 0.1) is 5.39 Å². The summed E-state index contributed by atoms with van der Waals surface area (Å²) in [6.07, 6.45) is 4.86. The summed E-state index contributed by atoms with van der Waals surface area (Å²) in [6.45, 7) is 1.80. The fourth-order valence-electron chi connectivity index (χ4n) is 3.95. The van der Waals surface area contributed by atoms with E-state index in [2.05, 4.69) is 0 Å². The Morgan fingerprint density at radius 1 is 1.26 bits per heavy atom. The van der Waals surface area contributed by atoms with E-state index >= 15 is 0 Å². The molecule has 0 fully saturated rings. The van der Waals surface area contributed by atoms with E-state index in [0.29, 0.717) is 24.1 Å². The molecule has 140 valence electrons. The molecule has 1 N–H and O–H groups in total. The predicted octanol–water partition coefficient (Wildman–Crippen LogP) is 3.96. The molecule has 2 aromatic heterocycles. The van der Waals surface area contributed by atoms with Crippen LogP contribution in [0.3, 0.4) is 0 Å². The molecule has 5 nitrogen and oxygen atoms in total. The maximum atomic E-state index is 13.4. The number of fused-ring (bicyclic) bond motifs is 3. The zero-order chi connectivity index (χ0) is 19.0. The number of hydrogen-bond donors (Lipinski definition) is 1. The summed E-state index contributed by atoms with van der Waals surface area (Å²) < 4.78 is 1.43. The summed E-state index contributed by atoms with van der Waals surface area (Å²) in [7, 11) is 0. The number of rotatable bonds is 5. The highest BCUT2D eigenvalue weighted by atomic mass is 32.1. The first kappa shape index (κ1) is 17.9. The van der Waals surface area contributed by atoms with E-state index in [0.717, 1.165) is 41.6 Å². The van der Waals surface area contributed by atoms with Crippen LogP contribution >= 0.6 is 11.3 Å². The lowest BCUT2D eigenvalue weighted by atomic mass is 9.97. The number of carboxylic acids is 1. The summed E-state index contributed by atoms with van der Waals surface area (Å²) in [5, 5.41) is 10.4. The van der Waals surface area contributed by atoms with Crippen LogP contribution in [0.25, 0.3) is 10.2 Å². The van der Waals surface area contributed by atoms with Crippen LogP contribution < -0.4 is 5.56 Å². The Hall–Kier alpha value is -2.47. The molecule has 1 aliphatic rings. The molecule has 1 aromatic carbocycles. The molecule has 27 heavy (non-hydrogen) atoms. The molecule has 0 saturated heterocycles. The summed E-state index contributed by atoms with van der Waals surface area (Å²) in [5.41, 5.74) is 1.91. The van der Waals surface area contributed by atoms with Gasteiger partial charge >= 0.3 is 5.97 Å². The van der Waals surface area contributed by atoms with Gasteiger partial charge in [-0.1, -0.05) is 37.3 Å². The van der Waals surface area contributed by atoms with Gasteiger partial charge in [-0.05, 0) is 43.2 Å². The van der Waals surface area contributed by atoms with Gasteiger partial charge in [-0.2, -0.15) is 0 Å². The van der Waals surface area contributed by atoms with Gasteiger partial charge in [0, 0.05) is 11.3 Å². The zero-order valence-electron chi connectivity index (χ0n) is 15.3. The van der Waals surface area contributed by atoms with Gasteiger partial charge in [0.15, 0.2) is 0 Å². The van der Waals surface area contributed by atoms with Crippen LogP contribution in [-0.2, 0) is 24.1 Å². The molecular weight excluding hydrogens is 360 g/mol. The number of thiophene rings is 1. The smallest absolute Gasteiger partial charge is 0.326 e. The van der Waals surface area contributed by atoms with E-state index < -0.39 is 12.0 Å². The molecule has 1 atom stereocenters. The lowest BCUT2D eigenvalue weighted by Crippen LogP contribution is -2.33. The molecule has 0 saturated carbocycles. The SMILES string of the molecule is CCC(C(=O)O)n1c(Cc2ccccc2)nc2sc3c(c2c1=O)CCCC3. The Morgan fingerprint density at radius 3 is 2.70 bits per heavy atom. The van der Waals surface area contributed by atoms with E-state index in [4.69, 9.17) is 4.98 Å². The fourth-order valence-corrected chi connectivity index (χ4v) is 5.22. The first-order chi connectivity index (χ1) is 13.1. The van der Waals surface area contributed by atoms with Crippen LogP contribution in [0.4, 0.5) is 0 Å². The van der Waals surface area contributed by atoms with Crippen LogP contribution in [0.15, 0.2) is 35.1 Å². The summed E-state index contributed by atoms with van der Waals surface area (Å²) in [6, 6.07) is 8.87. The van der Waals surface area contributed by atoms with Crippen molar-refractivity contribution in [2.24, 2.45) is 0 Å². The Labute approximate surface area is 161 Å². The van der Waals surface area contributed by atoms with Crippen LogP contribution in [0.1, 0.15) is 54.1 Å². The van der Waals surface area contributed by atoms with Crippen molar-refractivity contribution < 1.29 is 9.90 Å². The third-order valence-electron chi connectivity index (χ3n) is 5.28. The quantitative estimate of drug-likeness (QED) is 0.725. The summed E-state index contributed by atoms with van der Waals surface area (Å²) in [4.78, 5) is 32.1. The van der Waals surface area contributed by atoms with E-state index in [1.807, 2.05) is 30.3 Å². The first-order valence-electron chi connectivity index (χ1n) is 9.42. The standard InChI is InChI=1S/C21H22N2O3S/c1-2-15(21(25)26)23-17(12-13-8-4-3-5-9-13)22-19-18(20(23)24)14-10-6-7-11-16(14)27-19/h3-5,8-9,15H,2,6-7,10-12H2,1H3,(H,25,26). The molecule has 1 unspecified atom stereocenters. The minimum absolute atomic E-state index is 0.195. The number of benzene rings is 1. The van der Waals surface area contributed by atoms with E-state index in [-0.39, 0.29) is 5.56 Å². The van der Waals surface area contributed by atoms with Crippen molar-refractivity contribution in [3.05, 3.63) is 62.5 Å². The van der Waals surface area contributed by atoms with E-state index in [9.17, 15) is 14.7 Å². The second-order valence-corrected chi connectivity index (χ2v) is 8.10. The second-order valence-electron chi connectivity index (χ2n) is 7.02. The van der Waals surface area contributed by atoms with Gasteiger partial charge in [-0.15, -0.1) is 11.3 Å². The topological polar surface area (TPSA) is 72.2 Å². The van der Waals surface area contributed by atoms with Crippen molar-refractivity contribution in [3.8, 4) is 0 Å². The summed E-state index contributed by atoms with van der Waals surface area (Å²) >= 11 is 1.60. The fraction of sp³-hybridized carbons (Fsp3) is 0.381. The number of aromatic nitrogens is 2. The number of carboxylic acid groups (broad SMARTS) is 1. The van der Waals surface area contributed by atoms with Gasteiger partial charge in [0.1, 0.15) is 16.7 Å². The summed E-state index contributed by atoms with van der Waals surface area (Å²) in [5.74, 6) is -0.453. The van der Waals surface area contributed by atoms with Gasteiger partial charge in [-0.3, -0.25) is 9.36 Å². The van der Waals surface area contributed by atoms with Crippen molar-refractivity contribution >= 4 is 27.5 Å². The molecule has 0 bridgehead atoms. The van der Waals surface area contributed by atoms with Crippen LogP contribution in [0.5, 0.6) is 0 Å². The molecule has 4 rings (SSSR count). The average Bonchev–Trinajstić information content (AvgIpc) is 3.03. The molecule has 0 radical (unpaired) electrons. The molecular formula is C21H22N2O3S. The number of aryl methyl sites for hydroxylation is 2. The largest absolute Gasteiger partial charge is 0.480 e. The van der Waals surface area contributed by atoms with Gasteiger partial charge < -0.3 is 5.11 Å². The monoisotopic (exact) mass is 382 g/mol. The van der Waals surface area contributed by atoms with Crippen LogP contribution in [0.2, 0.25) is 0 Å².